The van der Waals surface area contributed by atoms with Crippen LogP contribution in [-0.2, 0) is 0 Å². The Labute approximate surface area is 147 Å². The van der Waals surface area contributed by atoms with Gasteiger partial charge in [-0.15, -0.1) is 0 Å². The fourth-order valence-corrected chi connectivity index (χ4v) is 2.75. The number of aromatic nitrogens is 2. The van der Waals surface area contributed by atoms with Crippen molar-refractivity contribution in [1.82, 2.24) is 20.0 Å². The van der Waals surface area contributed by atoms with Gasteiger partial charge in [-0.3, -0.25) is 4.79 Å². The molecule has 0 saturated carbocycles. The molecule has 5 heteroatoms. The number of rotatable bonds is 6. The average Bonchev–Trinajstić information content (AvgIpc) is 3.17. The van der Waals surface area contributed by atoms with E-state index in [1.807, 2.05) is 68.8 Å². The number of hydrogen-bond acceptors (Lipinski definition) is 3. The number of nitrogens with zero attached hydrogens (tertiary/aromatic N) is 3. The molecular weight excluding hydrogens is 312 g/mol. The lowest BCUT2D eigenvalue weighted by Gasteiger charge is -2.25. The minimum atomic E-state index is -0.0743. The lowest BCUT2D eigenvalue weighted by Crippen LogP contribution is -2.34. The van der Waals surface area contributed by atoms with Crippen LogP contribution in [0, 0.1) is 0 Å². The summed E-state index contributed by atoms with van der Waals surface area (Å²) in [5.41, 5.74) is 2.75. The van der Waals surface area contributed by atoms with Crippen molar-refractivity contribution in [2.75, 3.05) is 20.6 Å². The van der Waals surface area contributed by atoms with Gasteiger partial charge >= 0.3 is 0 Å². The Morgan fingerprint density at radius 1 is 1.08 bits per heavy atom. The van der Waals surface area contributed by atoms with Crippen molar-refractivity contribution in [2.24, 2.45) is 0 Å². The van der Waals surface area contributed by atoms with Gasteiger partial charge in [0.2, 0.25) is 0 Å². The van der Waals surface area contributed by atoms with Gasteiger partial charge in [0.15, 0.2) is 0 Å². The third kappa shape index (κ3) is 4.14. The average molecular weight is 334 g/mol. The molecule has 5 nitrogen and oxygen atoms in total. The highest BCUT2D eigenvalue weighted by molar-refractivity contribution is 5.94. The molecule has 128 valence electrons. The van der Waals surface area contributed by atoms with Gasteiger partial charge in [-0.1, -0.05) is 30.3 Å². The van der Waals surface area contributed by atoms with E-state index in [2.05, 4.69) is 27.4 Å². The molecule has 0 aliphatic carbocycles. The van der Waals surface area contributed by atoms with E-state index in [0.717, 1.165) is 5.69 Å². The highest BCUT2D eigenvalue weighted by Crippen LogP contribution is 2.17. The zero-order valence-corrected chi connectivity index (χ0v) is 14.5. The minimum Gasteiger partial charge on any atom is -0.350 e. The third-order valence-corrected chi connectivity index (χ3v) is 4.16. The summed E-state index contributed by atoms with van der Waals surface area (Å²) >= 11 is 0. The number of hydrogen-bond donors (Lipinski definition) is 1. The Kier molecular flexibility index (Phi) is 5.26. The van der Waals surface area contributed by atoms with Crippen LogP contribution in [0.25, 0.3) is 5.69 Å². The highest BCUT2D eigenvalue weighted by Gasteiger charge is 2.15. The minimum absolute atomic E-state index is 0.0743. The SMILES string of the molecule is CN(C)[C@H](CNC(=O)c1ccc(-n2cccn2)cc1)c1ccccc1. The van der Waals surface area contributed by atoms with Crippen molar-refractivity contribution < 1.29 is 4.79 Å². The maximum atomic E-state index is 12.4. The van der Waals surface area contributed by atoms with Gasteiger partial charge in [-0.25, -0.2) is 4.68 Å². The van der Waals surface area contributed by atoms with E-state index in [1.165, 1.54) is 5.56 Å². The largest absolute Gasteiger partial charge is 0.350 e. The number of carbonyl (C=O) groups is 1. The normalized spacial score (nSPS) is 12.1. The van der Waals surface area contributed by atoms with Crippen LogP contribution in [0.5, 0.6) is 0 Å². The summed E-state index contributed by atoms with van der Waals surface area (Å²) < 4.78 is 1.76. The van der Waals surface area contributed by atoms with Crippen molar-refractivity contribution in [3.8, 4) is 5.69 Å². The summed E-state index contributed by atoms with van der Waals surface area (Å²) in [5.74, 6) is -0.0743. The van der Waals surface area contributed by atoms with Crippen LogP contribution >= 0.6 is 0 Å². The van der Waals surface area contributed by atoms with Crippen LogP contribution in [-0.4, -0.2) is 41.2 Å². The molecule has 3 rings (SSSR count). The molecule has 1 atom stereocenters. The molecule has 0 aliphatic heterocycles. The van der Waals surface area contributed by atoms with Crippen molar-refractivity contribution in [1.29, 1.82) is 0 Å². The molecule has 0 bridgehead atoms. The summed E-state index contributed by atoms with van der Waals surface area (Å²) in [6.45, 7) is 0.552. The Balaban J connectivity index is 1.65. The van der Waals surface area contributed by atoms with Gasteiger partial charge in [0.1, 0.15) is 0 Å². The highest BCUT2D eigenvalue weighted by atomic mass is 16.1. The number of benzene rings is 2. The fourth-order valence-electron chi connectivity index (χ4n) is 2.75. The monoisotopic (exact) mass is 334 g/mol. The predicted octanol–water partition coefficient (Wildman–Crippen LogP) is 2.91. The number of nitrogens with one attached hydrogen (secondary N) is 1. The van der Waals surface area contributed by atoms with Crippen LogP contribution in [0.15, 0.2) is 73.1 Å². The summed E-state index contributed by atoms with van der Waals surface area (Å²) in [4.78, 5) is 14.6. The third-order valence-electron chi connectivity index (χ3n) is 4.16. The van der Waals surface area contributed by atoms with Crippen LogP contribution in [0.3, 0.4) is 0 Å². The Morgan fingerprint density at radius 2 is 1.80 bits per heavy atom. The summed E-state index contributed by atoms with van der Waals surface area (Å²) in [6, 6.07) is 19.6. The quantitative estimate of drug-likeness (QED) is 0.754. The second-order valence-corrected chi connectivity index (χ2v) is 6.10. The van der Waals surface area contributed by atoms with Gasteiger partial charge < -0.3 is 10.2 Å². The van der Waals surface area contributed by atoms with E-state index in [1.54, 1.807) is 10.9 Å². The van der Waals surface area contributed by atoms with E-state index in [0.29, 0.717) is 12.1 Å². The Morgan fingerprint density at radius 3 is 2.40 bits per heavy atom. The van der Waals surface area contributed by atoms with Gasteiger partial charge in [0.25, 0.3) is 5.91 Å². The number of carbonyl (C=O) groups excluding carboxylic acids is 1. The van der Waals surface area contributed by atoms with Crippen molar-refractivity contribution >= 4 is 5.91 Å². The van der Waals surface area contributed by atoms with Crippen molar-refractivity contribution in [2.45, 2.75) is 6.04 Å². The molecule has 0 spiro atoms. The maximum absolute atomic E-state index is 12.4. The standard InChI is InChI=1S/C20H22N4O/c1-23(2)19(16-7-4-3-5-8-16)15-21-20(25)17-9-11-18(12-10-17)24-14-6-13-22-24/h3-14,19H,15H2,1-2H3,(H,21,25)/t19-/m1/s1. The van der Waals surface area contributed by atoms with E-state index in [4.69, 9.17) is 0 Å². The molecule has 0 aliphatic rings. The molecule has 0 unspecified atom stereocenters. The molecule has 25 heavy (non-hydrogen) atoms. The Hall–Kier alpha value is -2.92. The van der Waals surface area contributed by atoms with Gasteiger partial charge in [-0.2, -0.15) is 5.10 Å². The molecule has 1 heterocycles. The first-order chi connectivity index (χ1) is 12.1. The number of amides is 1. The second kappa shape index (κ2) is 7.77. The second-order valence-electron chi connectivity index (χ2n) is 6.10. The maximum Gasteiger partial charge on any atom is 0.251 e. The zero-order valence-electron chi connectivity index (χ0n) is 14.5. The molecule has 0 radical (unpaired) electrons. The number of likely N-dealkylation sites (N-methyl/N-ethyl adjacent to an activating group) is 1. The lowest BCUT2D eigenvalue weighted by molar-refractivity contribution is 0.0942. The topological polar surface area (TPSA) is 50.2 Å². The van der Waals surface area contributed by atoms with Gasteiger partial charge in [0.05, 0.1) is 11.7 Å². The van der Waals surface area contributed by atoms with Crippen LogP contribution in [0.1, 0.15) is 22.0 Å². The molecule has 1 aromatic heterocycles. The lowest BCUT2D eigenvalue weighted by atomic mass is 10.1. The van der Waals surface area contributed by atoms with E-state index < -0.39 is 0 Å². The van der Waals surface area contributed by atoms with E-state index in [9.17, 15) is 4.79 Å². The van der Waals surface area contributed by atoms with Crippen molar-refractivity contribution in [3.63, 3.8) is 0 Å². The summed E-state index contributed by atoms with van der Waals surface area (Å²) in [5, 5.41) is 7.21. The molecule has 1 amide bonds. The molecule has 1 N–H and O–H groups in total. The first kappa shape index (κ1) is 16.9. The van der Waals surface area contributed by atoms with Gasteiger partial charge in [-0.05, 0) is 50.0 Å². The fraction of sp³-hybridized carbons (Fsp3) is 0.200. The summed E-state index contributed by atoms with van der Waals surface area (Å²) in [7, 11) is 4.03. The molecule has 0 fully saturated rings. The molecule has 2 aromatic carbocycles. The Bertz CT molecular complexity index is 795. The predicted molar refractivity (Wildman–Crippen MR) is 98.8 cm³/mol. The molecular formula is C20H22N4O. The molecule has 3 aromatic rings. The van der Waals surface area contributed by atoms with E-state index in [-0.39, 0.29) is 11.9 Å². The van der Waals surface area contributed by atoms with Crippen LogP contribution in [0.4, 0.5) is 0 Å². The zero-order chi connectivity index (χ0) is 17.6. The van der Waals surface area contributed by atoms with E-state index >= 15 is 0 Å². The van der Waals surface area contributed by atoms with Crippen LogP contribution < -0.4 is 5.32 Å². The molecule has 0 saturated heterocycles. The van der Waals surface area contributed by atoms with Crippen LogP contribution in [0.2, 0.25) is 0 Å². The summed E-state index contributed by atoms with van der Waals surface area (Å²) in [6.07, 6.45) is 3.60. The smallest absolute Gasteiger partial charge is 0.251 e. The first-order valence-electron chi connectivity index (χ1n) is 8.25. The van der Waals surface area contributed by atoms with Gasteiger partial charge in [0, 0.05) is 24.5 Å². The van der Waals surface area contributed by atoms with Crippen molar-refractivity contribution in [3.05, 3.63) is 84.2 Å². The first-order valence-corrected chi connectivity index (χ1v) is 8.25.